The minimum Gasteiger partial charge on any atom is -0.481 e. The lowest BCUT2D eigenvalue weighted by atomic mass is 10.1. The molecule has 1 amide bonds. The summed E-state index contributed by atoms with van der Waals surface area (Å²) in [7, 11) is 0. The van der Waals surface area contributed by atoms with Gasteiger partial charge in [0.05, 0.1) is 12.5 Å². The maximum Gasteiger partial charge on any atom is 0.305 e. The SMILES string of the molecule is Cc1c(F)cccc1C(=O)N1CCSCC1CC(=O)O. The molecule has 20 heavy (non-hydrogen) atoms. The monoisotopic (exact) mass is 297 g/mol. The number of thioether (sulfide) groups is 1. The number of benzene rings is 1. The van der Waals surface area contributed by atoms with E-state index in [1.54, 1.807) is 29.7 Å². The van der Waals surface area contributed by atoms with Crippen LogP contribution < -0.4 is 0 Å². The van der Waals surface area contributed by atoms with E-state index in [1.165, 1.54) is 12.1 Å². The first-order valence-corrected chi connectivity index (χ1v) is 7.51. The Morgan fingerprint density at radius 2 is 2.25 bits per heavy atom. The van der Waals surface area contributed by atoms with Crippen molar-refractivity contribution in [3.8, 4) is 0 Å². The Bertz CT molecular complexity index is 535. The molecule has 0 aromatic heterocycles. The van der Waals surface area contributed by atoms with E-state index in [0.717, 1.165) is 5.75 Å². The van der Waals surface area contributed by atoms with Crippen molar-refractivity contribution in [3.05, 3.63) is 35.1 Å². The van der Waals surface area contributed by atoms with Crippen LogP contribution in [0.4, 0.5) is 4.39 Å². The van der Waals surface area contributed by atoms with Crippen LogP contribution in [0.2, 0.25) is 0 Å². The van der Waals surface area contributed by atoms with E-state index in [9.17, 15) is 14.0 Å². The van der Waals surface area contributed by atoms with Gasteiger partial charge in [0.2, 0.25) is 0 Å². The highest BCUT2D eigenvalue weighted by Gasteiger charge is 2.30. The molecule has 0 radical (unpaired) electrons. The molecule has 2 rings (SSSR count). The zero-order valence-corrected chi connectivity index (χ0v) is 12.0. The molecule has 0 aliphatic carbocycles. The number of amides is 1. The van der Waals surface area contributed by atoms with Crippen molar-refractivity contribution in [1.29, 1.82) is 0 Å². The molecule has 1 fully saturated rings. The Balaban J connectivity index is 2.25. The van der Waals surface area contributed by atoms with Gasteiger partial charge in [-0.3, -0.25) is 9.59 Å². The number of carboxylic acid groups (broad SMARTS) is 1. The van der Waals surface area contributed by atoms with E-state index in [0.29, 0.717) is 23.4 Å². The fourth-order valence-electron chi connectivity index (χ4n) is 2.29. The standard InChI is InChI=1S/C14H16FNO3S/c1-9-11(3-2-4-12(9)15)14(19)16-5-6-20-8-10(16)7-13(17)18/h2-4,10H,5-8H2,1H3,(H,17,18). The molecule has 1 saturated heterocycles. The molecule has 108 valence electrons. The number of rotatable bonds is 3. The van der Waals surface area contributed by atoms with Gasteiger partial charge < -0.3 is 10.0 Å². The highest BCUT2D eigenvalue weighted by atomic mass is 32.2. The molecule has 1 aliphatic rings. The van der Waals surface area contributed by atoms with Crippen molar-refractivity contribution in [3.63, 3.8) is 0 Å². The largest absolute Gasteiger partial charge is 0.481 e. The summed E-state index contributed by atoms with van der Waals surface area (Å²) >= 11 is 1.64. The van der Waals surface area contributed by atoms with E-state index >= 15 is 0 Å². The molecule has 1 heterocycles. The van der Waals surface area contributed by atoms with Crippen molar-refractivity contribution in [2.24, 2.45) is 0 Å². The second kappa shape index (κ2) is 6.26. The first-order chi connectivity index (χ1) is 9.50. The molecule has 1 N–H and O–H groups in total. The van der Waals surface area contributed by atoms with Gasteiger partial charge in [-0.25, -0.2) is 4.39 Å². The molecule has 1 unspecified atom stereocenters. The molecule has 1 atom stereocenters. The van der Waals surface area contributed by atoms with Gasteiger partial charge in [-0.15, -0.1) is 0 Å². The summed E-state index contributed by atoms with van der Waals surface area (Å²) in [4.78, 5) is 25.0. The zero-order chi connectivity index (χ0) is 14.7. The van der Waals surface area contributed by atoms with Gasteiger partial charge in [-0.2, -0.15) is 11.8 Å². The predicted octanol–water partition coefficient (Wildman–Crippen LogP) is 2.17. The second-order valence-electron chi connectivity index (χ2n) is 4.74. The Morgan fingerprint density at radius 3 is 2.95 bits per heavy atom. The van der Waals surface area contributed by atoms with Crippen LogP contribution in [0, 0.1) is 12.7 Å². The third-order valence-corrected chi connectivity index (χ3v) is 4.49. The number of aliphatic carboxylic acids is 1. The van der Waals surface area contributed by atoms with Crippen LogP contribution in [0.5, 0.6) is 0 Å². The Kier molecular flexibility index (Phi) is 4.65. The van der Waals surface area contributed by atoms with Crippen LogP contribution in [0.3, 0.4) is 0 Å². The maximum atomic E-state index is 13.5. The minimum absolute atomic E-state index is 0.0763. The van der Waals surface area contributed by atoms with Crippen molar-refractivity contribution in [2.45, 2.75) is 19.4 Å². The summed E-state index contributed by atoms with van der Waals surface area (Å²) in [5.74, 6) is -0.250. The summed E-state index contributed by atoms with van der Waals surface area (Å²) in [5.41, 5.74) is 0.622. The number of carbonyl (C=O) groups is 2. The molecular weight excluding hydrogens is 281 g/mol. The van der Waals surface area contributed by atoms with Gasteiger partial charge in [0.1, 0.15) is 5.82 Å². The van der Waals surface area contributed by atoms with Crippen molar-refractivity contribution in [2.75, 3.05) is 18.1 Å². The number of hydrogen-bond acceptors (Lipinski definition) is 3. The second-order valence-corrected chi connectivity index (χ2v) is 5.89. The number of nitrogens with zero attached hydrogens (tertiary/aromatic N) is 1. The van der Waals surface area contributed by atoms with Gasteiger partial charge in [-0.1, -0.05) is 6.07 Å². The molecule has 6 heteroatoms. The highest BCUT2D eigenvalue weighted by molar-refractivity contribution is 7.99. The van der Waals surface area contributed by atoms with E-state index in [1.807, 2.05) is 0 Å². The van der Waals surface area contributed by atoms with Crippen molar-refractivity contribution < 1.29 is 19.1 Å². The molecular formula is C14H16FNO3S. The van der Waals surface area contributed by atoms with Gasteiger partial charge in [0, 0.05) is 23.6 Å². The number of hydrogen-bond donors (Lipinski definition) is 1. The van der Waals surface area contributed by atoms with Crippen LogP contribution in [-0.4, -0.2) is 46.0 Å². The van der Waals surface area contributed by atoms with Crippen LogP contribution in [-0.2, 0) is 4.79 Å². The average Bonchev–Trinajstić information content (AvgIpc) is 2.41. The smallest absolute Gasteiger partial charge is 0.305 e. The number of halogens is 1. The molecule has 0 bridgehead atoms. The van der Waals surface area contributed by atoms with Crippen LogP contribution >= 0.6 is 11.8 Å². The normalized spacial score (nSPS) is 18.9. The third kappa shape index (κ3) is 3.12. The van der Waals surface area contributed by atoms with Crippen molar-refractivity contribution in [1.82, 2.24) is 4.90 Å². The van der Waals surface area contributed by atoms with Crippen LogP contribution in [0.15, 0.2) is 18.2 Å². The topological polar surface area (TPSA) is 57.6 Å². The highest BCUT2D eigenvalue weighted by Crippen LogP contribution is 2.23. The predicted molar refractivity (Wildman–Crippen MR) is 75.5 cm³/mol. The average molecular weight is 297 g/mol. The molecule has 0 saturated carbocycles. The van der Waals surface area contributed by atoms with Gasteiger partial charge in [0.25, 0.3) is 5.91 Å². The van der Waals surface area contributed by atoms with E-state index in [4.69, 9.17) is 5.11 Å². The zero-order valence-electron chi connectivity index (χ0n) is 11.1. The molecule has 1 aromatic carbocycles. The molecule has 1 aromatic rings. The molecule has 4 nitrogen and oxygen atoms in total. The summed E-state index contributed by atoms with van der Waals surface area (Å²) in [6, 6.07) is 4.06. The first-order valence-electron chi connectivity index (χ1n) is 6.36. The van der Waals surface area contributed by atoms with E-state index < -0.39 is 11.8 Å². The number of carboxylic acids is 1. The lowest BCUT2D eigenvalue weighted by molar-refractivity contribution is -0.138. The molecule has 1 aliphatic heterocycles. The van der Waals surface area contributed by atoms with E-state index in [-0.39, 0.29) is 18.4 Å². The third-order valence-electron chi connectivity index (χ3n) is 3.40. The summed E-state index contributed by atoms with van der Waals surface area (Å²) in [5, 5.41) is 8.93. The van der Waals surface area contributed by atoms with Gasteiger partial charge in [-0.05, 0) is 24.6 Å². The van der Waals surface area contributed by atoms with Crippen LogP contribution in [0.25, 0.3) is 0 Å². The summed E-state index contributed by atoms with van der Waals surface area (Å²) < 4.78 is 13.5. The maximum absolute atomic E-state index is 13.5. The summed E-state index contributed by atoms with van der Waals surface area (Å²) in [6.07, 6.45) is -0.0763. The van der Waals surface area contributed by atoms with Crippen molar-refractivity contribution >= 4 is 23.6 Å². The molecule has 0 spiro atoms. The fourth-order valence-corrected chi connectivity index (χ4v) is 3.35. The van der Waals surface area contributed by atoms with Crippen LogP contribution in [0.1, 0.15) is 22.3 Å². The lowest BCUT2D eigenvalue weighted by Crippen LogP contribution is -2.47. The van der Waals surface area contributed by atoms with Gasteiger partial charge >= 0.3 is 5.97 Å². The van der Waals surface area contributed by atoms with E-state index in [2.05, 4.69) is 0 Å². The number of carbonyl (C=O) groups excluding carboxylic acids is 1. The van der Waals surface area contributed by atoms with Gasteiger partial charge in [0.15, 0.2) is 0 Å². The Morgan fingerprint density at radius 1 is 1.50 bits per heavy atom. The minimum atomic E-state index is -0.925. The Hall–Kier alpha value is -1.56. The quantitative estimate of drug-likeness (QED) is 0.929. The Labute approximate surface area is 121 Å². The summed E-state index contributed by atoms with van der Waals surface area (Å²) in [6.45, 7) is 2.06. The lowest BCUT2D eigenvalue weighted by Gasteiger charge is -2.35. The first kappa shape index (κ1) is 14.8. The fraction of sp³-hybridized carbons (Fsp3) is 0.429.